The van der Waals surface area contributed by atoms with E-state index >= 15 is 0 Å². The Morgan fingerprint density at radius 3 is 2.80 bits per heavy atom. The third-order valence-electron chi connectivity index (χ3n) is 5.38. The molecule has 0 aliphatic carbocycles. The number of pyridine rings is 1. The Morgan fingerprint density at radius 1 is 1.48 bits per heavy atom. The molecule has 2 aliphatic heterocycles. The first-order valence-electron chi connectivity index (χ1n) is 8.50. The lowest BCUT2D eigenvalue weighted by molar-refractivity contribution is 0.0889. The fourth-order valence-corrected chi connectivity index (χ4v) is 4.51. The first-order valence-corrected chi connectivity index (χ1v) is 9.29. The number of aromatic nitrogens is 1. The molecular weight excluding hydrogens is 384 g/mol. The predicted molar refractivity (Wildman–Crippen MR) is 98.5 cm³/mol. The number of hydrogen-bond donors (Lipinski definition) is 1. The van der Waals surface area contributed by atoms with Crippen LogP contribution >= 0.6 is 15.9 Å². The average Bonchev–Trinajstić information content (AvgIpc) is 3.06. The maximum Gasteiger partial charge on any atom is 0.407 e. The number of nitrogens with zero attached hydrogens (tertiary/aromatic N) is 4. The number of amides is 1. The van der Waals surface area contributed by atoms with Crippen LogP contribution in [0.4, 0.5) is 10.5 Å². The molecule has 2 aliphatic rings. The van der Waals surface area contributed by atoms with E-state index in [1.807, 2.05) is 6.07 Å². The highest BCUT2D eigenvalue weighted by molar-refractivity contribution is 9.10. The van der Waals surface area contributed by atoms with Gasteiger partial charge in [0.15, 0.2) is 0 Å². The molecule has 2 fully saturated rings. The van der Waals surface area contributed by atoms with Crippen LogP contribution in [0.1, 0.15) is 32.8 Å². The van der Waals surface area contributed by atoms with Gasteiger partial charge in [-0.15, -0.1) is 0 Å². The summed E-state index contributed by atoms with van der Waals surface area (Å²) in [6, 6.07) is 4.21. The van der Waals surface area contributed by atoms with Crippen LogP contribution in [0.2, 0.25) is 0 Å². The van der Waals surface area contributed by atoms with Crippen LogP contribution < -0.4 is 4.90 Å². The summed E-state index contributed by atoms with van der Waals surface area (Å²) >= 11 is 3.38. The molecule has 0 aromatic carbocycles. The van der Waals surface area contributed by atoms with Crippen LogP contribution in [-0.4, -0.2) is 46.3 Å². The summed E-state index contributed by atoms with van der Waals surface area (Å²) in [5.74, 6) is 0.336. The van der Waals surface area contributed by atoms with Crippen molar-refractivity contribution >= 4 is 27.7 Å². The summed E-state index contributed by atoms with van der Waals surface area (Å²) in [6.45, 7) is 7.84. The van der Waals surface area contributed by atoms with Crippen molar-refractivity contribution in [2.75, 3.05) is 18.0 Å². The summed E-state index contributed by atoms with van der Waals surface area (Å²) in [6.07, 6.45) is 2.16. The van der Waals surface area contributed by atoms with Crippen molar-refractivity contribution < 1.29 is 9.90 Å². The minimum atomic E-state index is -0.826. The van der Waals surface area contributed by atoms with E-state index in [2.05, 4.69) is 52.7 Å². The molecule has 3 rings (SSSR count). The van der Waals surface area contributed by atoms with E-state index < -0.39 is 6.09 Å². The number of rotatable bonds is 2. The predicted octanol–water partition coefficient (Wildman–Crippen LogP) is 3.51. The molecule has 1 aromatic rings. The van der Waals surface area contributed by atoms with E-state index in [0.29, 0.717) is 23.5 Å². The van der Waals surface area contributed by atoms with Crippen LogP contribution in [0.3, 0.4) is 0 Å². The van der Waals surface area contributed by atoms with Crippen LogP contribution in [-0.2, 0) is 6.42 Å². The molecule has 134 valence electrons. The Balaban J connectivity index is 1.82. The smallest absolute Gasteiger partial charge is 0.407 e. The molecule has 0 saturated carbocycles. The van der Waals surface area contributed by atoms with Gasteiger partial charge in [-0.05, 0) is 33.8 Å². The molecule has 1 unspecified atom stereocenters. The molecule has 3 atom stereocenters. The Labute approximate surface area is 156 Å². The second kappa shape index (κ2) is 6.49. The minimum absolute atomic E-state index is 0.0183. The van der Waals surface area contributed by atoms with Crippen LogP contribution in [0.5, 0.6) is 0 Å². The molecule has 1 amide bonds. The van der Waals surface area contributed by atoms with Crippen LogP contribution in [0.15, 0.2) is 16.9 Å². The van der Waals surface area contributed by atoms with Crippen molar-refractivity contribution in [2.45, 2.75) is 45.7 Å². The largest absolute Gasteiger partial charge is 0.465 e. The van der Waals surface area contributed by atoms with Gasteiger partial charge in [-0.1, -0.05) is 20.8 Å². The van der Waals surface area contributed by atoms with Gasteiger partial charge in [0.25, 0.3) is 0 Å². The average molecular weight is 407 g/mol. The standard InChI is InChI=1S/C18H23BrN4O2/c1-18(2,3)15-7-12-9-22(10-14(12)23(15)17(24)25)13-6-11(4-5-20)16(19)21-8-13/h6,8,12,14-15H,4,7,9-10H2,1-3H3,(H,24,25)/t12-,14+,15?/m1/s1. The monoisotopic (exact) mass is 406 g/mol. The van der Waals surface area contributed by atoms with Crippen molar-refractivity contribution in [1.82, 2.24) is 9.88 Å². The van der Waals surface area contributed by atoms with E-state index in [1.54, 1.807) is 11.1 Å². The van der Waals surface area contributed by atoms with Gasteiger partial charge in [-0.3, -0.25) is 4.90 Å². The Bertz CT molecular complexity index is 725. The van der Waals surface area contributed by atoms with Crippen LogP contribution in [0, 0.1) is 22.7 Å². The summed E-state index contributed by atoms with van der Waals surface area (Å²) in [4.78, 5) is 20.1. The normalized spacial score (nSPS) is 25.8. The van der Waals surface area contributed by atoms with E-state index in [4.69, 9.17) is 5.26 Å². The van der Waals surface area contributed by atoms with Gasteiger partial charge >= 0.3 is 6.09 Å². The number of nitriles is 1. The molecule has 6 nitrogen and oxygen atoms in total. The molecule has 25 heavy (non-hydrogen) atoms. The third kappa shape index (κ3) is 3.32. The number of likely N-dealkylation sites (tertiary alicyclic amines) is 1. The maximum atomic E-state index is 11.9. The first kappa shape index (κ1) is 18.0. The molecule has 0 bridgehead atoms. The van der Waals surface area contributed by atoms with Gasteiger partial charge in [0.05, 0.1) is 30.4 Å². The molecule has 2 saturated heterocycles. The van der Waals surface area contributed by atoms with Gasteiger partial charge in [0, 0.05) is 30.6 Å². The van der Waals surface area contributed by atoms with E-state index in [1.165, 1.54) is 0 Å². The quantitative estimate of drug-likeness (QED) is 0.759. The number of carboxylic acid groups (broad SMARTS) is 1. The highest BCUT2D eigenvalue weighted by Gasteiger charge is 2.51. The summed E-state index contributed by atoms with van der Waals surface area (Å²) in [7, 11) is 0. The van der Waals surface area contributed by atoms with E-state index in [0.717, 1.165) is 24.2 Å². The summed E-state index contributed by atoms with van der Waals surface area (Å²) < 4.78 is 0.692. The molecule has 7 heteroatoms. The fraction of sp³-hybridized carbons (Fsp3) is 0.611. The molecule has 1 N–H and O–H groups in total. The number of hydrogen-bond acceptors (Lipinski definition) is 4. The van der Waals surface area contributed by atoms with E-state index in [-0.39, 0.29) is 17.5 Å². The number of fused-ring (bicyclic) bond motifs is 1. The lowest BCUT2D eigenvalue weighted by atomic mass is 9.84. The minimum Gasteiger partial charge on any atom is -0.465 e. The summed E-state index contributed by atoms with van der Waals surface area (Å²) in [5, 5.41) is 18.7. The van der Waals surface area contributed by atoms with Crippen molar-refractivity contribution in [3.05, 3.63) is 22.4 Å². The Kier molecular flexibility index (Phi) is 4.67. The zero-order chi connectivity index (χ0) is 18.4. The van der Waals surface area contributed by atoms with Crippen molar-refractivity contribution in [3.8, 4) is 6.07 Å². The van der Waals surface area contributed by atoms with Crippen molar-refractivity contribution in [2.24, 2.45) is 11.3 Å². The zero-order valence-electron chi connectivity index (χ0n) is 14.7. The molecule has 1 aromatic heterocycles. The SMILES string of the molecule is CC(C)(C)C1C[C@@H]2CN(c3cnc(Br)c(CC#N)c3)C[C@@H]2N1C(=O)O. The van der Waals surface area contributed by atoms with Gasteiger partial charge < -0.3 is 10.0 Å². The van der Waals surface area contributed by atoms with Gasteiger partial charge in [0.1, 0.15) is 4.60 Å². The van der Waals surface area contributed by atoms with E-state index in [9.17, 15) is 9.90 Å². The first-order chi connectivity index (χ1) is 11.7. The van der Waals surface area contributed by atoms with Crippen molar-refractivity contribution in [3.63, 3.8) is 0 Å². The topological polar surface area (TPSA) is 80.5 Å². The van der Waals surface area contributed by atoms with Gasteiger partial charge in [-0.2, -0.15) is 5.26 Å². The number of halogens is 1. The van der Waals surface area contributed by atoms with Crippen LogP contribution in [0.25, 0.3) is 0 Å². The zero-order valence-corrected chi connectivity index (χ0v) is 16.3. The second-order valence-corrected chi connectivity index (χ2v) is 8.77. The highest BCUT2D eigenvalue weighted by atomic mass is 79.9. The molecule has 0 spiro atoms. The Morgan fingerprint density at radius 2 is 2.20 bits per heavy atom. The Hall–Kier alpha value is -1.81. The van der Waals surface area contributed by atoms with Gasteiger partial charge in [0.2, 0.25) is 0 Å². The lowest BCUT2D eigenvalue weighted by Gasteiger charge is -2.36. The lowest BCUT2D eigenvalue weighted by Crippen LogP contribution is -2.48. The molecular formula is C18H23BrN4O2. The second-order valence-electron chi connectivity index (χ2n) is 8.02. The maximum absolute atomic E-state index is 11.9. The number of anilines is 1. The fourth-order valence-electron chi connectivity index (χ4n) is 4.15. The third-order valence-corrected chi connectivity index (χ3v) is 6.09. The van der Waals surface area contributed by atoms with Gasteiger partial charge in [-0.25, -0.2) is 9.78 Å². The summed E-state index contributed by atoms with van der Waals surface area (Å²) in [5.41, 5.74) is 1.76. The van der Waals surface area contributed by atoms with Crippen molar-refractivity contribution in [1.29, 1.82) is 5.26 Å². The number of carbonyl (C=O) groups is 1. The molecule has 0 radical (unpaired) electrons. The highest BCUT2D eigenvalue weighted by Crippen LogP contribution is 2.43. The molecule has 3 heterocycles.